The number of ether oxygens (including phenoxy) is 1. The maximum Gasteiger partial charge on any atom is 0.254 e. The molecule has 4 rings (SSSR count). The fourth-order valence-electron chi connectivity index (χ4n) is 3.46. The number of aromatic nitrogens is 3. The van der Waals surface area contributed by atoms with Crippen LogP contribution in [0.1, 0.15) is 24.4 Å². The van der Waals surface area contributed by atoms with E-state index >= 15 is 0 Å². The number of rotatable bonds is 2. The molecule has 7 nitrogen and oxygen atoms in total. The van der Waals surface area contributed by atoms with E-state index in [4.69, 9.17) is 4.74 Å². The third kappa shape index (κ3) is 2.76. The lowest BCUT2D eigenvalue weighted by molar-refractivity contribution is -0.131. The van der Waals surface area contributed by atoms with Crippen molar-refractivity contribution in [2.24, 2.45) is 0 Å². The predicted molar refractivity (Wildman–Crippen MR) is 93.0 cm³/mol. The van der Waals surface area contributed by atoms with Gasteiger partial charge in [0.15, 0.2) is 0 Å². The van der Waals surface area contributed by atoms with Crippen molar-refractivity contribution in [2.45, 2.75) is 19.9 Å². The maximum absolute atomic E-state index is 14.6. The first-order valence-electron chi connectivity index (χ1n) is 8.58. The Bertz CT molecular complexity index is 885. The standard InChI is InChI=1S/C18H20FN5O2/c1-11-15(17(25)23-7-9-26-10-8-23)16(13-5-3-4-6-14(13)19)24-18(20-11)21-12(2)22-24/h3-6,16H,7-10H2,1-2H3,(H,20,21,22)/t16-/m1/s1. The summed E-state index contributed by atoms with van der Waals surface area (Å²) in [6.07, 6.45) is 0. The summed E-state index contributed by atoms with van der Waals surface area (Å²) in [7, 11) is 0. The second-order valence-corrected chi connectivity index (χ2v) is 6.42. The number of morpholine rings is 1. The van der Waals surface area contributed by atoms with Gasteiger partial charge < -0.3 is 15.0 Å². The Balaban J connectivity index is 1.84. The molecular formula is C18H20FN5O2. The molecule has 2 aromatic rings. The Morgan fingerprint density at radius 1 is 1.27 bits per heavy atom. The quantitative estimate of drug-likeness (QED) is 0.888. The van der Waals surface area contributed by atoms with Crippen LogP contribution in [0.2, 0.25) is 0 Å². The molecular weight excluding hydrogens is 337 g/mol. The van der Waals surface area contributed by atoms with E-state index in [9.17, 15) is 9.18 Å². The summed E-state index contributed by atoms with van der Waals surface area (Å²) in [6, 6.07) is 5.81. The number of halogens is 1. The molecule has 1 aromatic heterocycles. The lowest BCUT2D eigenvalue weighted by Crippen LogP contribution is -2.44. The summed E-state index contributed by atoms with van der Waals surface area (Å²) in [5.41, 5.74) is 1.54. The number of nitrogens with one attached hydrogen (secondary N) is 1. The molecule has 1 fully saturated rings. The Labute approximate surface area is 150 Å². The second kappa shape index (κ2) is 6.53. The van der Waals surface area contributed by atoms with Gasteiger partial charge in [0.05, 0.1) is 18.8 Å². The summed E-state index contributed by atoms with van der Waals surface area (Å²) in [5, 5.41) is 7.55. The van der Waals surface area contributed by atoms with Crippen LogP contribution in [0.4, 0.5) is 10.3 Å². The number of hydrogen-bond donors (Lipinski definition) is 1. The molecule has 1 amide bonds. The van der Waals surface area contributed by atoms with Crippen molar-refractivity contribution < 1.29 is 13.9 Å². The number of carbonyl (C=O) groups is 1. The van der Waals surface area contributed by atoms with Crippen LogP contribution in [0, 0.1) is 12.7 Å². The summed E-state index contributed by atoms with van der Waals surface area (Å²) in [5.74, 6) is 0.553. The summed E-state index contributed by atoms with van der Waals surface area (Å²) in [6.45, 7) is 5.62. The van der Waals surface area contributed by atoms with Gasteiger partial charge in [-0.05, 0) is 19.9 Å². The van der Waals surface area contributed by atoms with E-state index in [1.165, 1.54) is 6.07 Å². The molecule has 0 unspecified atom stereocenters. The number of amides is 1. The zero-order chi connectivity index (χ0) is 18.3. The molecule has 136 valence electrons. The van der Waals surface area contributed by atoms with Crippen molar-refractivity contribution in [3.8, 4) is 0 Å². The van der Waals surface area contributed by atoms with Gasteiger partial charge in [-0.2, -0.15) is 10.1 Å². The molecule has 1 N–H and O–H groups in total. The van der Waals surface area contributed by atoms with Crippen LogP contribution in [0.5, 0.6) is 0 Å². The van der Waals surface area contributed by atoms with E-state index in [0.717, 1.165) is 0 Å². The van der Waals surface area contributed by atoms with E-state index < -0.39 is 6.04 Å². The molecule has 0 aliphatic carbocycles. The molecule has 26 heavy (non-hydrogen) atoms. The fourth-order valence-corrected chi connectivity index (χ4v) is 3.46. The van der Waals surface area contributed by atoms with Gasteiger partial charge in [0.1, 0.15) is 17.7 Å². The first-order valence-corrected chi connectivity index (χ1v) is 8.58. The van der Waals surface area contributed by atoms with Crippen molar-refractivity contribution >= 4 is 11.9 Å². The van der Waals surface area contributed by atoms with Crippen molar-refractivity contribution in [2.75, 3.05) is 31.6 Å². The second-order valence-electron chi connectivity index (χ2n) is 6.42. The van der Waals surface area contributed by atoms with Gasteiger partial charge in [-0.15, -0.1) is 0 Å². The van der Waals surface area contributed by atoms with Gasteiger partial charge in [-0.25, -0.2) is 9.07 Å². The number of nitrogens with zero attached hydrogens (tertiary/aromatic N) is 4. The lowest BCUT2D eigenvalue weighted by atomic mass is 9.94. The Kier molecular flexibility index (Phi) is 4.20. The predicted octanol–water partition coefficient (Wildman–Crippen LogP) is 1.87. The number of hydrogen-bond acceptors (Lipinski definition) is 5. The zero-order valence-corrected chi connectivity index (χ0v) is 14.7. The van der Waals surface area contributed by atoms with Gasteiger partial charge in [-0.3, -0.25) is 4.79 Å². The van der Waals surface area contributed by atoms with Crippen LogP contribution in [-0.2, 0) is 9.53 Å². The minimum absolute atomic E-state index is 0.134. The van der Waals surface area contributed by atoms with Crippen molar-refractivity contribution in [1.82, 2.24) is 19.7 Å². The monoisotopic (exact) mass is 357 g/mol. The smallest absolute Gasteiger partial charge is 0.254 e. The van der Waals surface area contributed by atoms with Gasteiger partial charge in [-0.1, -0.05) is 18.2 Å². The van der Waals surface area contributed by atoms with Gasteiger partial charge in [0.2, 0.25) is 5.95 Å². The third-order valence-electron chi connectivity index (χ3n) is 4.69. The average Bonchev–Trinajstić information content (AvgIpc) is 3.01. The number of anilines is 1. The topological polar surface area (TPSA) is 72.3 Å². The number of benzene rings is 1. The van der Waals surface area contributed by atoms with E-state index in [0.29, 0.717) is 54.9 Å². The number of carbonyl (C=O) groups excluding carboxylic acids is 1. The van der Waals surface area contributed by atoms with Crippen molar-refractivity contribution in [3.05, 3.63) is 52.7 Å². The van der Waals surface area contributed by atoms with Gasteiger partial charge >= 0.3 is 0 Å². The maximum atomic E-state index is 14.6. The van der Waals surface area contributed by atoms with Crippen LogP contribution >= 0.6 is 0 Å². The highest BCUT2D eigenvalue weighted by Crippen LogP contribution is 2.37. The van der Waals surface area contributed by atoms with Crippen LogP contribution in [0.25, 0.3) is 0 Å². The highest BCUT2D eigenvalue weighted by Gasteiger charge is 2.37. The molecule has 0 bridgehead atoms. The van der Waals surface area contributed by atoms with Crippen LogP contribution in [0.3, 0.4) is 0 Å². The molecule has 0 saturated carbocycles. The van der Waals surface area contributed by atoms with Crippen LogP contribution in [-0.4, -0.2) is 51.9 Å². The molecule has 1 aromatic carbocycles. The van der Waals surface area contributed by atoms with Crippen LogP contribution < -0.4 is 5.32 Å². The minimum Gasteiger partial charge on any atom is -0.378 e. The molecule has 2 aliphatic rings. The summed E-state index contributed by atoms with van der Waals surface area (Å²) in [4.78, 5) is 19.4. The molecule has 3 heterocycles. The Morgan fingerprint density at radius 3 is 2.73 bits per heavy atom. The lowest BCUT2D eigenvalue weighted by Gasteiger charge is -2.33. The Hall–Kier alpha value is -2.74. The van der Waals surface area contributed by atoms with E-state index in [2.05, 4.69) is 15.4 Å². The molecule has 2 aliphatic heterocycles. The van der Waals surface area contributed by atoms with Crippen LogP contribution in [0.15, 0.2) is 35.5 Å². The summed E-state index contributed by atoms with van der Waals surface area (Å²) >= 11 is 0. The van der Waals surface area contributed by atoms with E-state index in [-0.39, 0.29) is 11.7 Å². The average molecular weight is 357 g/mol. The zero-order valence-electron chi connectivity index (χ0n) is 14.7. The van der Waals surface area contributed by atoms with Crippen molar-refractivity contribution in [1.29, 1.82) is 0 Å². The van der Waals surface area contributed by atoms with E-state index in [1.807, 2.05) is 6.92 Å². The Morgan fingerprint density at radius 2 is 2.00 bits per heavy atom. The molecule has 0 radical (unpaired) electrons. The highest BCUT2D eigenvalue weighted by atomic mass is 19.1. The number of allylic oxidation sites excluding steroid dienone is 1. The molecule has 1 saturated heterocycles. The first-order chi connectivity index (χ1) is 12.6. The minimum atomic E-state index is -0.663. The molecule has 0 spiro atoms. The fraction of sp³-hybridized carbons (Fsp3) is 0.389. The van der Waals surface area contributed by atoms with Gasteiger partial charge in [0, 0.05) is 24.4 Å². The number of fused-ring (bicyclic) bond motifs is 1. The molecule has 8 heteroatoms. The normalized spacial score (nSPS) is 20.0. The number of aryl methyl sites for hydroxylation is 1. The molecule has 1 atom stereocenters. The third-order valence-corrected chi connectivity index (χ3v) is 4.69. The largest absolute Gasteiger partial charge is 0.378 e. The van der Waals surface area contributed by atoms with E-state index in [1.54, 1.807) is 34.7 Å². The van der Waals surface area contributed by atoms with Gasteiger partial charge in [0.25, 0.3) is 5.91 Å². The first kappa shape index (κ1) is 16.7. The highest BCUT2D eigenvalue weighted by molar-refractivity contribution is 5.96. The summed E-state index contributed by atoms with van der Waals surface area (Å²) < 4.78 is 21.6. The van der Waals surface area contributed by atoms with Crippen molar-refractivity contribution in [3.63, 3.8) is 0 Å². The SMILES string of the molecule is CC1=C(C(=O)N2CCOCC2)[C@@H](c2ccccc2F)n2nc(C)nc2N1.